The summed E-state index contributed by atoms with van der Waals surface area (Å²) in [5.41, 5.74) is 1.27. The summed E-state index contributed by atoms with van der Waals surface area (Å²) < 4.78 is 6.99. The van der Waals surface area contributed by atoms with Gasteiger partial charge in [-0.3, -0.25) is 9.59 Å². The van der Waals surface area contributed by atoms with Crippen molar-refractivity contribution in [3.05, 3.63) is 28.8 Å². The zero-order valence-corrected chi connectivity index (χ0v) is 16.0. The number of hydrogen-bond donors (Lipinski definition) is 1. The number of ketones is 2. The van der Waals surface area contributed by atoms with E-state index in [0.29, 0.717) is 6.42 Å². The number of likely N-dealkylation sites (tertiary alicyclic amines) is 1. The first-order chi connectivity index (χ1) is 12.8. The summed E-state index contributed by atoms with van der Waals surface area (Å²) in [6.45, 7) is 3.97. The van der Waals surface area contributed by atoms with E-state index in [1.54, 1.807) is 0 Å². The normalized spacial score (nSPS) is 44.1. The third-order valence-electron chi connectivity index (χ3n) is 8.39. The molecule has 1 spiro atoms. The molecule has 2 aliphatic heterocycles. The number of hydrogen-bond acceptors (Lipinski definition) is 4. The Labute approximate surface area is 158 Å². The van der Waals surface area contributed by atoms with Crippen molar-refractivity contribution in [2.45, 2.75) is 62.2 Å². The molecule has 3 fully saturated rings. The lowest BCUT2D eigenvalue weighted by Gasteiger charge is -2.64. The average molecular weight is 368 g/mol. The number of carbonyl (C=O) groups is 2. The molecule has 0 amide bonds. The molecule has 1 saturated heterocycles. The number of carbonyl (C=O) groups excluding carboxylic acids is 2. The lowest BCUT2D eigenvalue weighted by Crippen LogP contribution is -2.82. The molecule has 1 aromatic rings. The molecule has 5 aliphatic rings. The van der Waals surface area contributed by atoms with Crippen LogP contribution in [0.15, 0.2) is 12.1 Å². The van der Waals surface area contributed by atoms with Crippen LogP contribution in [-0.2, 0) is 21.4 Å². The largest absolute Gasteiger partial charge is 0.480 e. The van der Waals surface area contributed by atoms with Crippen molar-refractivity contribution < 1.29 is 23.9 Å². The number of aryl methyl sites for hydroxylation is 1. The van der Waals surface area contributed by atoms with Crippen LogP contribution < -0.4 is 4.74 Å². The Hall–Kier alpha value is -1.72. The van der Waals surface area contributed by atoms with Crippen LogP contribution in [0, 0.1) is 12.8 Å². The maximum atomic E-state index is 12.9. The van der Waals surface area contributed by atoms with Crippen LogP contribution in [0.4, 0.5) is 0 Å². The van der Waals surface area contributed by atoms with Crippen LogP contribution in [0.1, 0.15) is 42.4 Å². The van der Waals surface area contributed by atoms with E-state index in [0.717, 1.165) is 46.8 Å². The fourth-order valence-electron chi connectivity index (χ4n) is 6.94. The summed E-state index contributed by atoms with van der Waals surface area (Å²) in [4.78, 5) is 25.5. The third-order valence-corrected chi connectivity index (χ3v) is 8.39. The molecule has 2 heterocycles. The quantitative estimate of drug-likeness (QED) is 0.634. The predicted molar refractivity (Wildman–Crippen MR) is 97.6 cm³/mol. The molecular formula is C22H26NO4+. The molecule has 2 saturated carbocycles. The van der Waals surface area contributed by atoms with Gasteiger partial charge < -0.3 is 14.3 Å². The molecular weight excluding hydrogens is 342 g/mol. The molecule has 5 heteroatoms. The number of ether oxygens (including phenoxy) is 1. The summed E-state index contributed by atoms with van der Waals surface area (Å²) in [6, 6.07) is 4.15. The SMILES string of the molecule is Cc1ccc2c3c1O[C@H]1C(=O)C(=O)C[C@@]4(O)[C@@H](C2)[N+](C)(CC2CC2)CC[C@]314. The Morgan fingerprint density at radius 1 is 1.30 bits per heavy atom. The van der Waals surface area contributed by atoms with E-state index in [9.17, 15) is 14.7 Å². The topological polar surface area (TPSA) is 63.6 Å². The van der Waals surface area contributed by atoms with Crippen LogP contribution in [0.25, 0.3) is 0 Å². The number of likely N-dealkylation sites (N-methyl/N-ethyl adjacent to an activating group) is 1. The Morgan fingerprint density at radius 2 is 2.07 bits per heavy atom. The van der Waals surface area contributed by atoms with Crippen molar-refractivity contribution in [1.29, 1.82) is 0 Å². The minimum absolute atomic E-state index is 0.0539. The van der Waals surface area contributed by atoms with E-state index >= 15 is 0 Å². The third kappa shape index (κ3) is 1.70. The summed E-state index contributed by atoms with van der Waals surface area (Å²) in [6.07, 6.45) is 3.09. The zero-order chi connectivity index (χ0) is 18.8. The zero-order valence-electron chi connectivity index (χ0n) is 16.0. The Bertz CT molecular complexity index is 921. The van der Waals surface area contributed by atoms with Crippen molar-refractivity contribution in [2.24, 2.45) is 5.92 Å². The van der Waals surface area contributed by atoms with E-state index in [4.69, 9.17) is 4.74 Å². The van der Waals surface area contributed by atoms with Crippen LogP contribution >= 0.6 is 0 Å². The van der Waals surface area contributed by atoms with Crippen LogP contribution in [0.3, 0.4) is 0 Å². The van der Waals surface area contributed by atoms with Crippen LogP contribution in [0.5, 0.6) is 5.75 Å². The van der Waals surface area contributed by atoms with E-state index in [-0.39, 0.29) is 12.5 Å². The smallest absolute Gasteiger partial charge is 0.239 e. The molecule has 0 aromatic heterocycles. The molecule has 142 valence electrons. The first-order valence-corrected chi connectivity index (χ1v) is 10.2. The fourth-order valence-corrected chi connectivity index (χ4v) is 6.94. The van der Waals surface area contributed by atoms with Crippen LogP contribution in [-0.4, -0.2) is 59.0 Å². The molecule has 3 aliphatic carbocycles. The molecule has 6 rings (SSSR count). The van der Waals surface area contributed by atoms with Gasteiger partial charge in [0.2, 0.25) is 11.6 Å². The molecule has 2 bridgehead atoms. The number of piperidine rings is 1. The van der Waals surface area contributed by atoms with Crippen LogP contribution in [0.2, 0.25) is 0 Å². The van der Waals surface area contributed by atoms with Gasteiger partial charge >= 0.3 is 0 Å². The number of quaternary nitrogens is 1. The van der Waals surface area contributed by atoms with E-state index in [1.165, 1.54) is 18.4 Å². The van der Waals surface area contributed by atoms with Gasteiger partial charge in [0.1, 0.15) is 17.4 Å². The summed E-state index contributed by atoms with van der Waals surface area (Å²) in [5, 5.41) is 12.2. The van der Waals surface area contributed by atoms with E-state index < -0.39 is 28.7 Å². The lowest BCUT2D eigenvalue weighted by atomic mass is 9.48. The maximum absolute atomic E-state index is 12.9. The van der Waals surface area contributed by atoms with E-state index in [1.807, 2.05) is 6.92 Å². The molecule has 5 nitrogen and oxygen atoms in total. The van der Waals surface area contributed by atoms with Gasteiger partial charge in [-0.15, -0.1) is 0 Å². The highest BCUT2D eigenvalue weighted by Gasteiger charge is 2.78. The van der Waals surface area contributed by atoms with Gasteiger partial charge in [-0.2, -0.15) is 0 Å². The van der Waals surface area contributed by atoms with Gasteiger partial charge in [-0.05, 0) is 30.9 Å². The highest BCUT2D eigenvalue weighted by Crippen LogP contribution is 2.64. The molecule has 0 radical (unpaired) electrons. The molecule has 27 heavy (non-hydrogen) atoms. The van der Waals surface area contributed by atoms with Crippen molar-refractivity contribution >= 4 is 11.6 Å². The van der Waals surface area contributed by atoms with Gasteiger partial charge in [0, 0.05) is 30.7 Å². The summed E-state index contributed by atoms with van der Waals surface area (Å²) in [7, 11) is 2.25. The van der Waals surface area contributed by atoms with E-state index in [2.05, 4.69) is 19.2 Å². The van der Waals surface area contributed by atoms with Gasteiger partial charge in [0.25, 0.3) is 0 Å². The summed E-state index contributed by atoms with van der Waals surface area (Å²) in [5.74, 6) is 0.576. The average Bonchev–Trinajstić information content (AvgIpc) is 3.34. The lowest BCUT2D eigenvalue weighted by molar-refractivity contribution is -0.950. The van der Waals surface area contributed by atoms with Gasteiger partial charge in [-0.1, -0.05) is 12.1 Å². The molecule has 1 unspecified atom stereocenters. The minimum atomic E-state index is -1.20. The standard InChI is InChI=1S/C22H26NO4/c1-12-3-6-14-9-16-22(26)10-15(24)18(25)20-21(22,17(14)19(12)27-20)7-8-23(16,2)11-13-4-5-13/h3,6,13,16,20,26H,4-5,7-11H2,1-2H3/q+1/t16-,20+,21+,22-,23?/m1/s1. The van der Waals surface area contributed by atoms with Crippen molar-refractivity contribution in [3.8, 4) is 5.75 Å². The van der Waals surface area contributed by atoms with Crippen molar-refractivity contribution in [1.82, 2.24) is 0 Å². The molecule has 1 N–H and O–H groups in total. The summed E-state index contributed by atoms with van der Waals surface area (Å²) >= 11 is 0. The highest BCUT2D eigenvalue weighted by molar-refractivity contribution is 6.40. The van der Waals surface area contributed by atoms with Gasteiger partial charge in [0.15, 0.2) is 6.10 Å². The molecule has 1 aromatic carbocycles. The van der Waals surface area contributed by atoms with Crippen molar-refractivity contribution in [2.75, 3.05) is 20.1 Å². The predicted octanol–water partition coefficient (Wildman–Crippen LogP) is 1.45. The minimum Gasteiger partial charge on any atom is -0.480 e. The first kappa shape index (κ1) is 16.3. The second kappa shape index (κ2) is 4.64. The maximum Gasteiger partial charge on any atom is 0.239 e. The monoisotopic (exact) mass is 368 g/mol. The first-order valence-electron chi connectivity index (χ1n) is 10.2. The second-order valence-corrected chi connectivity index (χ2v) is 9.90. The number of nitrogens with zero attached hydrogens (tertiary/aromatic N) is 1. The number of aliphatic hydroxyl groups is 1. The number of Topliss-reactive ketones (excluding diaryl/α,β-unsaturated/α-hetero) is 2. The fraction of sp³-hybridized carbons (Fsp3) is 0.636. The number of benzene rings is 1. The Kier molecular flexibility index (Phi) is 2.79. The van der Waals surface area contributed by atoms with Gasteiger partial charge in [-0.25, -0.2) is 0 Å². The van der Waals surface area contributed by atoms with Crippen molar-refractivity contribution in [3.63, 3.8) is 0 Å². The second-order valence-electron chi connectivity index (χ2n) is 9.90. The molecule has 5 atom stereocenters. The number of rotatable bonds is 2. The van der Waals surface area contributed by atoms with Gasteiger partial charge in [0.05, 0.1) is 25.6 Å². The Balaban J connectivity index is 1.62. The highest BCUT2D eigenvalue weighted by atomic mass is 16.5. The Morgan fingerprint density at radius 3 is 2.81 bits per heavy atom.